The van der Waals surface area contributed by atoms with E-state index in [0.29, 0.717) is 12.2 Å². The van der Waals surface area contributed by atoms with Gasteiger partial charge in [0, 0.05) is 37.5 Å². The fraction of sp³-hybridized carbons (Fsp3) is 0.320. The highest BCUT2D eigenvalue weighted by Crippen LogP contribution is 2.44. The number of benzene rings is 2. The van der Waals surface area contributed by atoms with Crippen LogP contribution < -0.4 is 5.32 Å². The van der Waals surface area contributed by atoms with Crippen LogP contribution in [0.4, 0.5) is 4.79 Å². The molecular weight excluding hydrogens is 438 g/mol. The first-order valence-electron chi connectivity index (χ1n) is 10.9. The van der Waals surface area contributed by atoms with Gasteiger partial charge in [-0.05, 0) is 34.4 Å². The number of carbonyl (C=O) groups excluding carboxylic acids is 1. The molecule has 0 spiro atoms. The van der Waals surface area contributed by atoms with Crippen LogP contribution in [0.15, 0.2) is 60.9 Å². The number of imidazole rings is 1. The van der Waals surface area contributed by atoms with E-state index in [0.717, 1.165) is 40.3 Å². The van der Waals surface area contributed by atoms with Gasteiger partial charge in [-0.2, -0.15) is 11.8 Å². The summed E-state index contributed by atoms with van der Waals surface area (Å²) >= 11 is 1.64. The molecule has 1 aliphatic carbocycles. The summed E-state index contributed by atoms with van der Waals surface area (Å²) in [4.78, 5) is 28.3. The van der Waals surface area contributed by atoms with Gasteiger partial charge in [0.05, 0.1) is 0 Å². The summed E-state index contributed by atoms with van der Waals surface area (Å²) in [5.41, 5.74) is 4.52. The van der Waals surface area contributed by atoms with Crippen molar-refractivity contribution in [3.63, 3.8) is 0 Å². The molecule has 1 aromatic heterocycles. The van der Waals surface area contributed by atoms with Crippen LogP contribution in [0, 0.1) is 0 Å². The third kappa shape index (κ3) is 5.39. The smallest absolute Gasteiger partial charge is 0.407 e. The minimum Gasteiger partial charge on any atom is -0.480 e. The van der Waals surface area contributed by atoms with Gasteiger partial charge in [-0.15, -0.1) is 0 Å². The lowest BCUT2D eigenvalue weighted by molar-refractivity contribution is -0.139. The quantitative estimate of drug-likeness (QED) is 0.438. The number of nitrogens with one attached hydrogen (secondary N) is 1. The first-order valence-corrected chi connectivity index (χ1v) is 12.1. The lowest BCUT2D eigenvalue weighted by Crippen LogP contribution is -2.41. The number of carboxylic acids is 1. The van der Waals surface area contributed by atoms with E-state index in [1.807, 2.05) is 54.2 Å². The Bertz CT molecular complexity index is 1080. The highest BCUT2D eigenvalue weighted by Gasteiger charge is 2.29. The summed E-state index contributed by atoms with van der Waals surface area (Å²) in [5, 5.41) is 12.0. The molecule has 8 heteroatoms. The van der Waals surface area contributed by atoms with Crippen molar-refractivity contribution < 1.29 is 19.4 Å². The van der Waals surface area contributed by atoms with E-state index in [4.69, 9.17) is 4.74 Å². The summed E-state index contributed by atoms with van der Waals surface area (Å²) in [5.74, 6) is 1.32. The molecule has 0 bridgehead atoms. The maximum absolute atomic E-state index is 12.4. The number of hydrogen-bond acceptors (Lipinski definition) is 5. The number of rotatable bonds is 10. The van der Waals surface area contributed by atoms with Crippen LogP contribution in [0.2, 0.25) is 0 Å². The molecule has 4 rings (SSSR count). The summed E-state index contributed by atoms with van der Waals surface area (Å²) in [6, 6.07) is 15.2. The number of thioether (sulfide) groups is 1. The predicted octanol–water partition coefficient (Wildman–Crippen LogP) is 4.08. The average Bonchev–Trinajstić information content (AvgIpc) is 3.37. The molecule has 0 fully saturated rings. The molecule has 0 saturated carbocycles. The van der Waals surface area contributed by atoms with Gasteiger partial charge in [-0.25, -0.2) is 14.6 Å². The first kappa shape index (κ1) is 22.9. The standard InChI is InChI=1S/C25H27N3O4S/c1-28-13-12-26-23(28)11-15-33-14-10-22(24(29)30)27-25(31)32-16-21-19-8-4-2-6-17(19)18-7-3-5-9-20(18)21/h2-9,12-13,21-22H,10-11,14-16H2,1H3,(H,27,31)(H,29,30). The molecule has 1 unspecified atom stereocenters. The lowest BCUT2D eigenvalue weighted by atomic mass is 9.98. The number of carboxylic acid groups (broad SMARTS) is 1. The minimum atomic E-state index is -1.06. The van der Waals surface area contributed by atoms with Crippen molar-refractivity contribution >= 4 is 23.8 Å². The Morgan fingerprint density at radius 3 is 2.39 bits per heavy atom. The molecule has 1 heterocycles. The number of carbonyl (C=O) groups is 2. The second-order valence-electron chi connectivity index (χ2n) is 7.97. The zero-order valence-electron chi connectivity index (χ0n) is 18.4. The van der Waals surface area contributed by atoms with Crippen molar-refractivity contribution in [2.45, 2.75) is 24.8 Å². The second kappa shape index (κ2) is 10.6. The van der Waals surface area contributed by atoms with E-state index in [1.54, 1.807) is 18.0 Å². The predicted molar refractivity (Wildman–Crippen MR) is 128 cm³/mol. The average molecular weight is 466 g/mol. The summed E-state index contributed by atoms with van der Waals surface area (Å²) < 4.78 is 7.45. The third-order valence-electron chi connectivity index (χ3n) is 5.88. The number of alkyl carbamates (subject to hydrolysis) is 1. The van der Waals surface area contributed by atoms with Crippen LogP contribution in [0.1, 0.15) is 29.3 Å². The number of ether oxygens (including phenoxy) is 1. The molecule has 1 aliphatic rings. The van der Waals surface area contributed by atoms with E-state index in [-0.39, 0.29) is 12.5 Å². The van der Waals surface area contributed by atoms with Crippen molar-refractivity contribution in [3.05, 3.63) is 77.9 Å². The molecule has 172 valence electrons. The number of amides is 1. The largest absolute Gasteiger partial charge is 0.480 e. The number of fused-ring (bicyclic) bond motifs is 3. The van der Waals surface area contributed by atoms with Gasteiger partial charge in [0.15, 0.2) is 0 Å². The summed E-state index contributed by atoms with van der Waals surface area (Å²) in [6.07, 6.45) is 4.09. The molecule has 0 aliphatic heterocycles. The Morgan fingerprint density at radius 1 is 1.12 bits per heavy atom. The van der Waals surface area contributed by atoms with Crippen LogP contribution in [-0.2, 0) is 23.0 Å². The van der Waals surface area contributed by atoms with Gasteiger partial charge in [-0.3, -0.25) is 0 Å². The Kier molecular flexibility index (Phi) is 7.34. The maximum Gasteiger partial charge on any atom is 0.407 e. The van der Waals surface area contributed by atoms with Gasteiger partial charge in [0.25, 0.3) is 0 Å². The molecule has 1 amide bonds. The summed E-state index contributed by atoms with van der Waals surface area (Å²) in [6.45, 7) is 0.157. The van der Waals surface area contributed by atoms with Crippen molar-refractivity contribution in [1.29, 1.82) is 0 Å². The van der Waals surface area contributed by atoms with E-state index in [9.17, 15) is 14.7 Å². The molecular formula is C25H27N3O4S. The molecule has 0 radical (unpaired) electrons. The molecule has 33 heavy (non-hydrogen) atoms. The van der Waals surface area contributed by atoms with Crippen molar-refractivity contribution in [2.24, 2.45) is 7.05 Å². The molecule has 0 saturated heterocycles. The highest BCUT2D eigenvalue weighted by molar-refractivity contribution is 7.99. The number of aryl methyl sites for hydroxylation is 2. The van der Waals surface area contributed by atoms with Crippen molar-refractivity contribution in [2.75, 3.05) is 18.1 Å². The Morgan fingerprint density at radius 2 is 1.79 bits per heavy atom. The minimum absolute atomic E-state index is 0.0619. The maximum atomic E-state index is 12.4. The molecule has 1 atom stereocenters. The Labute approximate surface area is 197 Å². The first-order chi connectivity index (χ1) is 16.0. The topological polar surface area (TPSA) is 93.5 Å². The van der Waals surface area contributed by atoms with Crippen LogP contribution in [0.25, 0.3) is 11.1 Å². The van der Waals surface area contributed by atoms with Crippen LogP contribution in [0.3, 0.4) is 0 Å². The monoisotopic (exact) mass is 465 g/mol. The number of aliphatic carboxylic acids is 1. The van der Waals surface area contributed by atoms with Gasteiger partial charge in [0.1, 0.15) is 18.5 Å². The Hall–Kier alpha value is -3.26. The van der Waals surface area contributed by atoms with Gasteiger partial charge >= 0.3 is 12.1 Å². The fourth-order valence-electron chi connectivity index (χ4n) is 4.14. The zero-order valence-corrected chi connectivity index (χ0v) is 19.3. The van der Waals surface area contributed by atoms with Crippen molar-refractivity contribution in [3.8, 4) is 11.1 Å². The number of hydrogen-bond donors (Lipinski definition) is 2. The van der Waals surface area contributed by atoms with Gasteiger partial charge in [-0.1, -0.05) is 48.5 Å². The third-order valence-corrected chi connectivity index (χ3v) is 6.89. The summed E-state index contributed by atoms with van der Waals surface area (Å²) in [7, 11) is 1.95. The number of aromatic nitrogens is 2. The van der Waals surface area contributed by atoms with E-state index in [1.165, 1.54) is 0 Å². The fourth-order valence-corrected chi connectivity index (χ4v) is 5.08. The van der Waals surface area contributed by atoms with Crippen LogP contribution in [-0.4, -0.2) is 50.9 Å². The van der Waals surface area contributed by atoms with E-state index < -0.39 is 18.1 Å². The second-order valence-corrected chi connectivity index (χ2v) is 9.19. The van der Waals surface area contributed by atoms with Crippen LogP contribution >= 0.6 is 11.8 Å². The molecule has 2 N–H and O–H groups in total. The molecule has 3 aromatic rings. The van der Waals surface area contributed by atoms with E-state index >= 15 is 0 Å². The SMILES string of the molecule is Cn1ccnc1CCSCCC(NC(=O)OCC1c2ccccc2-c2ccccc21)C(=O)O. The van der Waals surface area contributed by atoms with Crippen molar-refractivity contribution in [1.82, 2.24) is 14.9 Å². The lowest BCUT2D eigenvalue weighted by Gasteiger charge is -2.17. The van der Waals surface area contributed by atoms with Gasteiger partial charge < -0.3 is 19.7 Å². The van der Waals surface area contributed by atoms with Crippen LogP contribution in [0.5, 0.6) is 0 Å². The molecule has 2 aromatic carbocycles. The zero-order chi connectivity index (χ0) is 23.2. The Balaban J connectivity index is 1.26. The van der Waals surface area contributed by atoms with E-state index in [2.05, 4.69) is 22.4 Å². The molecule has 7 nitrogen and oxygen atoms in total. The highest BCUT2D eigenvalue weighted by atomic mass is 32.2. The normalized spacial score (nSPS) is 13.2. The number of nitrogens with zero attached hydrogens (tertiary/aromatic N) is 2. The van der Waals surface area contributed by atoms with Gasteiger partial charge in [0.2, 0.25) is 0 Å².